The monoisotopic (exact) mass is 191 g/mol. The molecule has 0 heterocycles. The Morgan fingerprint density at radius 3 is 2.00 bits per heavy atom. The van der Waals surface area contributed by atoms with E-state index in [9.17, 15) is 0 Å². The van der Waals surface area contributed by atoms with Crippen LogP contribution in [-0.2, 0) is 0 Å². The van der Waals surface area contributed by atoms with Crippen molar-refractivity contribution in [2.75, 3.05) is 6.54 Å². The lowest BCUT2D eigenvalue weighted by molar-refractivity contribution is 0.666. The Kier molecular flexibility index (Phi) is 3.70. The third kappa shape index (κ3) is 2.16. The van der Waals surface area contributed by atoms with Crippen molar-refractivity contribution >= 4 is 0 Å². The summed E-state index contributed by atoms with van der Waals surface area (Å²) in [7, 11) is 0. The summed E-state index contributed by atoms with van der Waals surface area (Å²) in [6.07, 6.45) is 1.13. The summed E-state index contributed by atoms with van der Waals surface area (Å²) < 4.78 is 0. The van der Waals surface area contributed by atoms with E-state index in [1.54, 1.807) is 0 Å². The van der Waals surface area contributed by atoms with E-state index in [-0.39, 0.29) is 0 Å². The van der Waals surface area contributed by atoms with Gasteiger partial charge >= 0.3 is 0 Å². The van der Waals surface area contributed by atoms with E-state index in [0.717, 1.165) is 13.0 Å². The van der Waals surface area contributed by atoms with Gasteiger partial charge in [-0.15, -0.1) is 0 Å². The molecule has 0 radical (unpaired) electrons. The molecule has 0 fully saturated rings. The van der Waals surface area contributed by atoms with Crippen LogP contribution in [0.2, 0.25) is 0 Å². The number of rotatable bonds is 3. The highest BCUT2D eigenvalue weighted by atomic mass is 14.5. The summed E-state index contributed by atoms with van der Waals surface area (Å²) in [5.74, 6) is 0.524. The Morgan fingerprint density at radius 1 is 1.14 bits per heavy atom. The van der Waals surface area contributed by atoms with Gasteiger partial charge in [0.25, 0.3) is 0 Å². The van der Waals surface area contributed by atoms with Crippen molar-refractivity contribution in [1.82, 2.24) is 0 Å². The molecular weight excluding hydrogens is 170 g/mol. The first-order chi connectivity index (χ1) is 6.60. The Morgan fingerprint density at radius 2 is 1.64 bits per heavy atom. The van der Waals surface area contributed by atoms with Gasteiger partial charge in [-0.05, 0) is 56.3 Å². The minimum absolute atomic E-state index is 0.524. The molecule has 1 rings (SSSR count). The van der Waals surface area contributed by atoms with Crippen LogP contribution in [0.4, 0.5) is 0 Å². The van der Waals surface area contributed by atoms with Crippen molar-refractivity contribution in [2.45, 2.75) is 40.0 Å². The van der Waals surface area contributed by atoms with Gasteiger partial charge in [0.15, 0.2) is 0 Å². The summed E-state index contributed by atoms with van der Waals surface area (Å²) in [6.45, 7) is 9.48. The molecule has 0 amide bonds. The number of hydrogen-bond donors (Lipinski definition) is 1. The number of nitrogens with two attached hydrogens (primary N) is 1. The lowest BCUT2D eigenvalue weighted by Crippen LogP contribution is -2.14. The third-order valence-electron chi connectivity index (χ3n) is 2.92. The smallest absolute Gasteiger partial charge is 0.000814 e. The largest absolute Gasteiger partial charge is 0.330 e. The van der Waals surface area contributed by atoms with E-state index in [0.29, 0.717) is 5.92 Å². The predicted octanol–water partition coefficient (Wildman–Crippen LogP) is 3.06. The van der Waals surface area contributed by atoms with E-state index >= 15 is 0 Å². The van der Waals surface area contributed by atoms with Gasteiger partial charge in [0.2, 0.25) is 0 Å². The molecule has 0 aliphatic rings. The third-order valence-corrected chi connectivity index (χ3v) is 2.92. The number of hydrogen-bond acceptors (Lipinski definition) is 1. The Labute approximate surface area is 87.3 Å². The highest BCUT2D eigenvalue weighted by molar-refractivity contribution is 5.40. The Bertz CT molecular complexity index is 288. The molecule has 0 saturated heterocycles. The second-order valence-electron chi connectivity index (χ2n) is 4.15. The molecule has 0 aliphatic heterocycles. The van der Waals surface area contributed by atoms with Gasteiger partial charge in [-0.1, -0.05) is 24.6 Å². The fraction of sp³-hybridized carbons (Fsp3) is 0.538. The van der Waals surface area contributed by atoms with Crippen LogP contribution in [0.3, 0.4) is 0 Å². The maximum atomic E-state index is 5.79. The fourth-order valence-electron chi connectivity index (χ4n) is 2.32. The van der Waals surface area contributed by atoms with Crippen molar-refractivity contribution in [3.63, 3.8) is 0 Å². The lowest BCUT2D eigenvalue weighted by Gasteiger charge is -2.19. The van der Waals surface area contributed by atoms with Crippen LogP contribution < -0.4 is 5.73 Å². The van der Waals surface area contributed by atoms with Crippen LogP contribution in [0.1, 0.15) is 41.5 Å². The summed E-state index contributed by atoms with van der Waals surface area (Å²) >= 11 is 0. The first-order valence-electron chi connectivity index (χ1n) is 5.38. The zero-order valence-corrected chi connectivity index (χ0v) is 9.72. The van der Waals surface area contributed by atoms with Crippen LogP contribution in [0.25, 0.3) is 0 Å². The molecule has 0 unspecified atom stereocenters. The molecule has 78 valence electrons. The quantitative estimate of drug-likeness (QED) is 0.780. The van der Waals surface area contributed by atoms with E-state index in [2.05, 4.69) is 39.8 Å². The average molecular weight is 191 g/mol. The van der Waals surface area contributed by atoms with Crippen molar-refractivity contribution in [3.8, 4) is 0 Å². The van der Waals surface area contributed by atoms with Crippen molar-refractivity contribution < 1.29 is 0 Å². The average Bonchev–Trinajstić information content (AvgIpc) is 2.10. The van der Waals surface area contributed by atoms with Crippen LogP contribution in [0.15, 0.2) is 12.1 Å². The van der Waals surface area contributed by atoms with E-state index < -0.39 is 0 Å². The van der Waals surface area contributed by atoms with Crippen LogP contribution in [-0.4, -0.2) is 6.54 Å². The first-order valence-corrected chi connectivity index (χ1v) is 5.38. The van der Waals surface area contributed by atoms with Gasteiger partial charge in [-0.3, -0.25) is 0 Å². The summed E-state index contributed by atoms with van der Waals surface area (Å²) in [4.78, 5) is 0. The van der Waals surface area contributed by atoms with E-state index in [4.69, 9.17) is 5.73 Å². The predicted molar refractivity (Wildman–Crippen MR) is 62.7 cm³/mol. The molecule has 0 bridgehead atoms. The molecule has 1 aromatic carbocycles. The van der Waals surface area contributed by atoms with Crippen molar-refractivity contribution in [2.24, 2.45) is 5.73 Å². The molecule has 0 aliphatic carbocycles. The van der Waals surface area contributed by atoms with Crippen molar-refractivity contribution in [1.29, 1.82) is 0 Å². The van der Waals surface area contributed by atoms with Gasteiger partial charge in [0.05, 0.1) is 0 Å². The highest BCUT2D eigenvalue weighted by Crippen LogP contribution is 2.26. The lowest BCUT2D eigenvalue weighted by atomic mass is 9.88. The molecule has 0 spiro atoms. The van der Waals surface area contributed by atoms with Crippen LogP contribution in [0, 0.1) is 20.8 Å². The summed E-state index contributed by atoms with van der Waals surface area (Å²) in [6, 6.07) is 4.50. The second kappa shape index (κ2) is 4.61. The zero-order valence-electron chi connectivity index (χ0n) is 9.72. The first kappa shape index (κ1) is 11.3. The Balaban J connectivity index is 3.19. The molecule has 14 heavy (non-hydrogen) atoms. The Hall–Kier alpha value is -0.820. The summed E-state index contributed by atoms with van der Waals surface area (Å²) in [5.41, 5.74) is 11.4. The van der Waals surface area contributed by atoms with Crippen molar-refractivity contribution in [3.05, 3.63) is 34.4 Å². The van der Waals surface area contributed by atoms with Gasteiger partial charge in [0.1, 0.15) is 0 Å². The van der Waals surface area contributed by atoms with Crippen LogP contribution >= 0.6 is 0 Å². The number of aryl methyl sites for hydroxylation is 3. The molecule has 1 atom stereocenters. The minimum atomic E-state index is 0.524. The van der Waals surface area contributed by atoms with Gasteiger partial charge < -0.3 is 5.73 Å². The maximum Gasteiger partial charge on any atom is -0.000814 e. The molecule has 1 nitrogen and oxygen atoms in total. The molecule has 2 N–H and O–H groups in total. The number of benzene rings is 1. The molecule has 0 saturated carbocycles. The second-order valence-corrected chi connectivity index (χ2v) is 4.15. The maximum absolute atomic E-state index is 5.79. The standard InChI is InChI=1S/C13H21N/c1-5-12(8-14)13-10(3)6-9(2)7-11(13)4/h6-7,12H,5,8,14H2,1-4H3/t12-/m1/s1. The molecule has 0 aromatic heterocycles. The zero-order chi connectivity index (χ0) is 10.7. The minimum Gasteiger partial charge on any atom is -0.330 e. The van der Waals surface area contributed by atoms with E-state index in [1.807, 2.05) is 0 Å². The van der Waals surface area contributed by atoms with Crippen LogP contribution in [0.5, 0.6) is 0 Å². The summed E-state index contributed by atoms with van der Waals surface area (Å²) in [5, 5.41) is 0. The topological polar surface area (TPSA) is 26.0 Å². The molecular formula is C13H21N. The molecule has 1 heteroatoms. The fourth-order valence-corrected chi connectivity index (χ4v) is 2.32. The van der Waals surface area contributed by atoms with E-state index in [1.165, 1.54) is 22.3 Å². The van der Waals surface area contributed by atoms with Gasteiger partial charge in [0, 0.05) is 0 Å². The van der Waals surface area contributed by atoms with Gasteiger partial charge in [-0.2, -0.15) is 0 Å². The highest BCUT2D eigenvalue weighted by Gasteiger charge is 2.12. The van der Waals surface area contributed by atoms with Gasteiger partial charge in [-0.25, -0.2) is 0 Å². The SMILES string of the molecule is CC[C@H](CN)c1c(C)cc(C)cc1C. The normalized spacial score (nSPS) is 12.9. The molecule has 1 aromatic rings.